The molecule has 0 N–H and O–H groups in total. The van der Waals surface area contributed by atoms with Gasteiger partial charge in [-0.1, -0.05) is 146 Å². The van der Waals surface area contributed by atoms with Crippen LogP contribution in [0, 0.1) is 0 Å². The predicted octanol–water partition coefficient (Wildman–Crippen LogP) is 13.9. The number of anilines is 3. The summed E-state index contributed by atoms with van der Waals surface area (Å²) < 4.78 is 4.79. The fraction of sp³-hybridized carbons (Fsp3) is 0.0179. The summed E-state index contributed by atoms with van der Waals surface area (Å²) in [5.41, 5.74) is 18.2. The number of imidazole rings is 1. The number of benzene rings is 9. The highest BCUT2D eigenvalue weighted by Crippen LogP contribution is 2.60. The van der Waals surface area contributed by atoms with E-state index >= 15 is 0 Å². The van der Waals surface area contributed by atoms with Gasteiger partial charge in [-0.15, -0.1) is 0 Å². The van der Waals surface area contributed by atoms with E-state index in [9.17, 15) is 0 Å². The molecule has 1 aliphatic heterocycles. The van der Waals surface area contributed by atoms with Crippen LogP contribution in [-0.4, -0.2) is 14.1 Å². The van der Waals surface area contributed by atoms with Gasteiger partial charge in [0.15, 0.2) is 0 Å². The van der Waals surface area contributed by atoms with Crippen LogP contribution < -0.4 is 4.90 Å². The van der Waals surface area contributed by atoms with Crippen LogP contribution in [-0.2, 0) is 5.41 Å². The summed E-state index contributed by atoms with van der Waals surface area (Å²) in [6, 6.07) is 79.4. The zero-order chi connectivity index (χ0) is 39.4. The maximum absolute atomic E-state index is 5.69. The first-order valence-corrected chi connectivity index (χ1v) is 20.6. The Kier molecular flexibility index (Phi) is 6.90. The van der Waals surface area contributed by atoms with E-state index in [0.717, 1.165) is 39.6 Å². The number of aromatic nitrogens is 3. The van der Waals surface area contributed by atoms with Crippen molar-refractivity contribution in [3.8, 4) is 33.6 Å². The molecule has 13 rings (SSSR count). The molecule has 11 aromatic rings. The van der Waals surface area contributed by atoms with E-state index in [1.54, 1.807) is 0 Å². The average molecular weight is 765 g/mol. The molecule has 0 radical (unpaired) electrons. The van der Waals surface area contributed by atoms with E-state index in [1.807, 2.05) is 0 Å². The first kappa shape index (κ1) is 33.1. The predicted molar refractivity (Wildman–Crippen MR) is 246 cm³/mol. The van der Waals surface area contributed by atoms with Crippen molar-refractivity contribution in [2.24, 2.45) is 0 Å². The van der Waals surface area contributed by atoms with Crippen LogP contribution in [0.2, 0.25) is 0 Å². The second kappa shape index (κ2) is 12.5. The van der Waals surface area contributed by atoms with E-state index in [1.165, 1.54) is 66.4 Å². The summed E-state index contributed by atoms with van der Waals surface area (Å²) in [5.74, 6) is 1.04. The molecule has 1 spiro atoms. The van der Waals surface area contributed by atoms with Gasteiger partial charge in [0, 0.05) is 33.5 Å². The van der Waals surface area contributed by atoms with Crippen molar-refractivity contribution in [1.29, 1.82) is 0 Å². The van der Waals surface area contributed by atoms with Gasteiger partial charge in [0.25, 0.3) is 0 Å². The minimum absolute atomic E-state index is 0.520. The minimum Gasteiger partial charge on any atom is -0.310 e. The molecule has 0 atom stereocenters. The van der Waals surface area contributed by atoms with Crippen molar-refractivity contribution in [1.82, 2.24) is 14.1 Å². The summed E-state index contributed by atoms with van der Waals surface area (Å²) in [6.07, 6.45) is 0. The van der Waals surface area contributed by atoms with Gasteiger partial charge in [-0.2, -0.15) is 0 Å². The van der Waals surface area contributed by atoms with E-state index in [0.29, 0.717) is 0 Å². The Labute approximate surface area is 347 Å². The molecule has 0 amide bonds. The standard InChI is InChI=1S/C56H36N4/c1-3-15-37(16-4-1)38-27-29-40(30-28-38)58(41-31-33-52-46(35-41)45-21-9-13-25-51(45)59(52)39-17-5-2-6-18-39)42-32-34-54-50(36-42)57-55-56(49-24-12-14-26-53(49)60(54)55)47-22-10-7-19-43(47)44-20-8-11-23-48(44)56/h1-36H. The number of hydrogen-bond acceptors (Lipinski definition) is 2. The summed E-state index contributed by atoms with van der Waals surface area (Å²) in [4.78, 5) is 8.07. The Bertz CT molecular complexity index is 3440. The first-order valence-electron chi connectivity index (χ1n) is 20.6. The number of rotatable bonds is 5. The van der Waals surface area contributed by atoms with E-state index in [2.05, 4.69) is 232 Å². The Hall–Kier alpha value is -7.95. The van der Waals surface area contributed by atoms with Gasteiger partial charge in [-0.25, -0.2) is 4.98 Å². The lowest BCUT2D eigenvalue weighted by Crippen LogP contribution is -2.27. The van der Waals surface area contributed by atoms with Crippen molar-refractivity contribution in [2.75, 3.05) is 4.90 Å². The third-order valence-electron chi connectivity index (χ3n) is 12.9. The van der Waals surface area contributed by atoms with Crippen LogP contribution in [0.25, 0.3) is 66.5 Å². The zero-order valence-electron chi connectivity index (χ0n) is 32.6. The van der Waals surface area contributed by atoms with Crippen LogP contribution in [0.1, 0.15) is 22.5 Å². The van der Waals surface area contributed by atoms with Gasteiger partial charge in [0.1, 0.15) is 11.2 Å². The lowest BCUT2D eigenvalue weighted by molar-refractivity contribution is 0.738. The largest absolute Gasteiger partial charge is 0.310 e. The Morgan fingerprint density at radius 2 is 0.933 bits per heavy atom. The molecular weight excluding hydrogens is 729 g/mol. The SMILES string of the molecule is c1ccc(-c2ccc(N(c3ccc4c(c3)nc3n4-c4ccccc4C34c3ccccc3-c3ccccc34)c3ccc4c(c3)c3ccccc3n4-c3ccccc3)cc2)cc1. The molecule has 60 heavy (non-hydrogen) atoms. The van der Waals surface area contributed by atoms with Crippen LogP contribution >= 0.6 is 0 Å². The van der Waals surface area contributed by atoms with E-state index in [4.69, 9.17) is 4.98 Å². The van der Waals surface area contributed by atoms with Crippen molar-refractivity contribution < 1.29 is 0 Å². The highest BCUT2D eigenvalue weighted by molar-refractivity contribution is 6.11. The normalized spacial score (nSPS) is 13.1. The Balaban J connectivity index is 1.03. The quantitative estimate of drug-likeness (QED) is 0.174. The molecule has 0 unspecified atom stereocenters. The van der Waals surface area contributed by atoms with Gasteiger partial charge in [0.05, 0.1) is 27.8 Å². The molecule has 1 aliphatic carbocycles. The van der Waals surface area contributed by atoms with Crippen LogP contribution in [0.4, 0.5) is 17.1 Å². The molecule has 9 aromatic carbocycles. The fourth-order valence-electron chi connectivity index (χ4n) is 10.4. The lowest BCUT2D eigenvalue weighted by atomic mass is 9.73. The first-order chi connectivity index (χ1) is 29.8. The smallest absolute Gasteiger partial charge is 0.134 e. The second-order valence-electron chi connectivity index (χ2n) is 15.9. The topological polar surface area (TPSA) is 26.0 Å². The molecule has 0 saturated heterocycles. The molecule has 0 fully saturated rings. The van der Waals surface area contributed by atoms with Crippen LogP contribution in [0.15, 0.2) is 218 Å². The maximum atomic E-state index is 5.69. The Morgan fingerprint density at radius 1 is 0.383 bits per heavy atom. The van der Waals surface area contributed by atoms with E-state index in [-0.39, 0.29) is 0 Å². The number of para-hydroxylation sites is 3. The van der Waals surface area contributed by atoms with Crippen molar-refractivity contribution in [3.63, 3.8) is 0 Å². The summed E-state index contributed by atoms with van der Waals surface area (Å²) in [7, 11) is 0. The summed E-state index contributed by atoms with van der Waals surface area (Å²) in [6.45, 7) is 0. The zero-order valence-corrected chi connectivity index (χ0v) is 32.6. The summed E-state index contributed by atoms with van der Waals surface area (Å²) >= 11 is 0. The van der Waals surface area contributed by atoms with Crippen molar-refractivity contribution in [2.45, 2.75) is 5.41 Å². The van der Waals surface area contributed by atoms with E-state index < -0.39 is 5.41 Å². The third kappa shape index (κ3) is 4.47. The van der Waals surface area contributed by atoms with Gasteiger partial charge in [0.2, 0.25) is 0 Å². The maximum Gasteiger partial charge on any atom is 0.134 e. The monoisotopic (exact) mass is 764 g/mol. The molecule has 0 bridgehead atoms. The van der Waals surface area contributed by atoms with Crippen molar-refractivity contribution in [3.05, 3.63) is 241 Å². The van der Waals surface area contributed by atoms with Gasteiger partial charge >= 0.3 is 0 Å². The Morgan fingerprint density at radius 3 is 1.68 bits per heavy atom. The van der Waals surface area contributed by atoms with Gasteiger partial charge in [-0.3, -0.25) is 4.57 Å². The molecule has 280 valence electrons. The fourth-order valence-corrected chi connectivity index (χ4v) is 10.4. The molecule has 2 aliphatic rings. The average Bonchev–Trinajstić information content (AvgIpc) is 4.03. The number of nitrogens with zero attached hydrogens (tertiary/aromatic N) is 4. The highest BCUT2D eigenvalue weighted by Gasteiger charge is 2.54. The summed E-state index contributed by atoms with van der Waals surface area (Å²) in [5, 5.41) is 2.43. The molecule has 0 saturated carbocycles. The number of hydrogen-bond donors (Lipinski definition) is 0. The molecule has 3 heterocycles. The van der Waals surface area contributed by atoms with Gasteiger partial charge < -0.3 is 9.47 Å². The number of fused-ring (bicyclic) bond motifs is 15. The molecular formula is C56H36N4. The molecule has 4 heteroatoms. The van der Waals surface area contributed by atoms with Gasteiger partial charge in [-0.05, 0) is 112 Å². The third-order valence-corrected chi connectivity index (χ3v) is 12.9. The second-order valence-corrected chi connectivity index (χ2v) is 15.9. The molecule has 2 aromatic heterocycles. The van der Waals surface area contributed by atoms with Crippen molar-refractivity contribution >= 4 is 49.9 Å². The minimum atomic E-state index is -0.520. The van der Waals surface area contributed by atoms with Crippen LogP contribution in [0.5, 0.6) is 0 Å². The van der Waals surface area contributed by atoms with Crippen LogP contribution in [0.3, 0.4) is 0 Å². The highest BCUT2D eigenvalue weighted by atomic mass is 15.2. The molecule has 4 nitrogen and oxygen atoms in total. The lowest BCUT2D eigenvalue weighted by Gasteiger charge is -2.27.